The number of hydrogen-bond donors (Lipinski definition) is 2. The van der Waals surface area contributed by atoms with E-state index in [0.717, 1.165) is 16.6 Å². The number of rotatable bonds is 4. The second kappa shape index (κ2) is 5.14. The first-order valence-electron chi connectivity index (χ1n) is 6.74. The average molecular weight is 283 g/mol. The minimum absolute atomic E-state index is 0.576. The van der Waals surface area contributed by atoms with E-state index in [1.165, 1.54) is 6.33 Å². The first kappa shape index (κ1) is 13.5. The SMILES string of the molecule is CC(C)(O)Nc1ncnc2c1cnn2Cc1ccccc1. The lowest BCUT2D eigenvalue weighted by Crippen LogP contribution is -2.30. The molecule has 2 N–H and O–H groups in total. The van der Waals surface area contributed by atoms with Gasteiger partial charge >= 0.3 is 0 Å². The Bertz CT molecular complexity index is 746. The van der Waals surface area contributed by atoms with E-state index < -0.39 is 5.72 Å². The van der Waals surface area contributed by atoms with E-state index in [-0.39, 0.29) is 0 Å². The molecule has 3 rings (SSSR count). The minimum Gasteiger partial charge on any atom is -0.372 e. The van der Waals surface area contributed by atoms with Gasteiger partial charge in [0.05, 0.1) is 18.1 Å². The number of nitrogens with one attached hydrogen (secondary N) is 1. The fraction of sp³-hybridized carbons (Fsp3) is 0.267. The first-order chi connectivity index (χ1) is 10.0. The van der Waals surface area contributed by atoms with Crippen LogP contribution in [0.3, 0.4) is 0 Å². The van der Waals surface area contributed by atoms with E-state index in [0.29, 0.717) is 12.4 Å². The molecule has 3 aromatic rings. The van der Waals surface area contributed by atoms with Crippen molar-refractivity contribution in [2.75, 3.05) is 5.32 Å². The zero-order chi connectivity index (χ0) is 14.9. The third-order valence-electron chi connectivity index (χ3n) is 3.03. The Morgan fingerprint density at radius 2 is 1.95 bits per heavy atom. The number of hydrogen-bond acceptors (Lipinski definition) is 5. The lowest BCUT2D eigenvalue weighted by molar-refractivity contribution is 0.111. The van der Waals surface area contributed by atoms with E-state index in [1.54, 1.807) is 20.0 Å². The summed E-state index contributed by atoms with van der Waals surface area (Å²) in [7, 11) is 0. The predicted octanol–water partition coefficient (Wildman–Crippen LogP) is 2.01. The second-order valence-corrected chi connectivity index (χ2v) is 5.43. The van der Waals surface area contributed by atoms with Crippen LogP contribution in [0, 0.1) is 0 Å². The summed E-state index contributed by atoms with van der Waals surface area (Å²) in [6, 6.07) is 10.1. The van der Waals surface area contributed by atoms with Gasteiger partial charge in [-0.05, 0) is 19.4 Å². The van der Waals surface area contributed by atoms with Crippen molar-refractivity contribution in [3.8, 4) is 0 Å². The molecule has 6 nitrogen and oxygen atoms in total. The van der Waals surface area contributed by atoms with Crippen molar-refractivity contribution in [3.63, 3.8) is 0 Å². The number of fused-ring (bicyclic) bond motifs is 1. The number of aliphatic hydroxyl groups is 1. The molecule has 0 radical (unpaired) electrons. The molecule has 2 aromatic heterocycles. The monoisotopic (exact) mass is 283 g/mol. The van der Waals surface area contributed by atoms with Crippen molar-refractivity contribution >= 4 is 16.9 Å². The van der Waals surface area contributed by atoms with Gasteiger partial charge in [0.25, 0.3) is 0 Å². The molecule has 0 bridgehead atoms. The fourth-order valence-corrected chi connectivity index (χ4v) is 2.15. The Morgan fingerprint density at radius 3 is 2.67 bits per heavy atom. The van der Waals surface area contributed by atoms with Crippen molar-refractivity contribution in [3.05, 3.63) is 48.4 Å². The van der Waals surface area contributed by atoms with Crippen LogP contribution in [0.4, 0.5) is 5.82 Å². The highest BCUT2D eigenvalue weighted by molar-refractivity contribution is 5.86. The summed E-state index contributed by atoms with van der Waals surface area (Å²) < 4.78 is 1.82. The van der Waals surface area contributed by atoms with E-state index in [9.17, 15) is 5.11 Å². The van der Waals surface area contributed by atoms with Gasteiger partial charge in [-0.1, -0.05) is 30.3 Å². The average Bonchev–Trinajstić information content (AvgIpc) is 2.83. The van der Waals surface area contributed by atoms with Crippen LogP contribution in [0.25, 0.3) is 11.0 Å². The van der Waals surface area contributed by atoms with E-state index in [1.807, 2.05) is 35.0 Å². The molecule has 0 amide bonds. The number of nitrogens with zero attached hydrogens (tertiary/aromatic N) is 4. The molecule has 108 valence electrons. The van der Waals surface area contributed by atoms with Crippen molar-refractivity contribution in [1.29, 1.82) is 0 Å². The highest BCUT2D eigenvalue weighted by Gasteiger charge is 2.16. The molecule has 0 aliphatic heterocycles. The van der Waals surface area contributed by atoms with Crippen LogP contribution in [0.5, 0.6) is 0 Å². The first-order valence-corrected chi connectivity index (χ1v) is 6.74. The molecule has 0 saturated carbocycles. The highest BCUT2D eigenvalue weighted by atomic mass is 16.3. The number of benzene rings is 1. The summed E-state index contributed by atoms with van der Waals surface area (Å²) >= 11 is 0. The third-order valence-corrected chi connectivity index (χ3v) is 3.03. The lowest BCUT2D eigenvalue weighted by atomic mass is 10.2. The molecule has 0 atom stereocenters. The summed E-state index contributed by atoms with van der Waals surface area (Å²) in [6.45, 7) is 3.97. The van der Waals surface area contributed by atoms with Gasteiger partial charge in [0, 0.05) is 0 Å². The van der Waals surface area contributed by atoms with Gasteiger partial charge in [-0.25, -0.2) is 14.6 Å². The van der Waals surface area contributed by atoms with Crippen molar-refractivity contribution in [1.82, 2.24) is 19.7 Å². The summed E-state index contributed by atoms with van der Waals surface area (Å²) in [5, 5.41) is 18.0. The normalized spacial score (nSPS) is 11.8. The maximum absolute atomic E-state index is 9.87. The molecule has 6 heteroatoms. The minimum atomic E-state index is -1.05. The predicted molar refractivity (Wildman–Crippen MR) is 80.8 cm³/mol. The summed E-state index contributed by atoms with van der Waals surface area (Å²) in [6.07, 6.45) is 3.19. The standard InChI is InChI=1S/C15H17N5O/c1-15(2,21)19-13-12-8-18-20(14(12)17-10-16-13)9-11-6-4-3-5-7-11/h3-8,10,21H,9H2,1-2H3,(H,16,17,19). The summed E-state index contributed by atoms with van der Waals surface area (Å²) in [5.74, 6) is 0.576. The molecule has 0 aliphatic carbocycles. The van der Waals surface area contributed by atoms with Gasteiger partial charge < -0.3 is 10.4 Å². The Labute approximate surface area is 122 Å². The van der Waals surface area contributed by atoms with Crippen LogP contribution >= 0.6 is 0 Å². The molecule has 21 heavy (non-hydrogen) atoms. The number of aromatic nitrogens is 4. The molecule has 0 aliphatic rings. The van der Waals surface area contributed by atoms with Crippen molar-refractivity contribution < 1.29 is 5.11 Å². The fourth-order valence-electron chi connectivity index (χ4n) is 2.15. The second-order valence-electron chi connectivity index (χ2n) is 5.43. The largest absolute Gasteiger partial charge is 0.372 e. The molecule has 0 fully saturated rings. The van der Waals surface area contributed by atoms with Crippen LogP contribution in [-0.2, 0) is 6.54 Å². The van der Waals surface area contributed by atoms with Gasteiger partial charge in [0.1, 0.15) is 17.9 Å². The van der Waals surface area contributed by atoms with E-state index in [2.05, 4.69) is 20.4 Å². The maximum Gasteiger partial charge on any atom is 0.163 e. The molecule has 0 saturated heterocycles. The van der Waals surface area contributed by atoms with Crippen LogP contribution in [0.2, 0.25) is 0 Å². The topological polar surface area (TPSA) is 75.9 Å². The molecule has 1 aromatic carbocycles. The molecule has 0 spiro atoms. The van der Waals surface area contributed by atoms with E-state index in [4.69, 9.17) is 0 Å². The maximum atomic E-state index is 9.87. The van der Waals surface area contributed by atoms with Crippen molar-refractivity contribution in [2.45, 2.75) is 26.1 Å². The Balaban J connectivity index is 1.97. The molecular weight excluding hydrogens is 266 g/mol. The summed E-state index contributed by atoms with van der Waals surface area (Å²) in [5.41, 5.74) is 0.835. The van der Waals surface area contributed by atoms with Gasteiger partial charge in [0.2, 0.25) is 0 Å². The quantitative estimate of drug-likeness (QED) is 0.716. The smallest absolute Gasteiger partial charge is 0.163 e. The van der Waals surface area contributed by atoms with Crippen LogP contribution in [-0.4, -0.2) is 30.6 Å². The Hall–Kier alpha value is -2.47. The summed E-state index contributed by atoms with van der Waals surface area (Å²) in [4.78, 5) is 8.47. The lowest BCUT2D eigenvalue weighted by Gasteiger charge is -2.19. The van der Waals surface area contributed by atoms with Crippen LogP contribution in [0.1, 0.15) is 19.4 Å². The molecular formula is C15H17N5O. The molecule has 2 heterocycles. The van der Waals surface area contributed by atoms with Crippen LogP contribution < -0.4 is 5.32 Å². The Morgan fingerprint density at radius 1 is 1.19 bits per heavy atom. The van der Waals surface area contributed by atoms with Gasteiger partial charge in [-0.15, -0.1) is 0 Å². The zero-order valence-electron chi connectivity index (χ0n) is 12.0. The van der Waals surface area contributed by atoms with Gasteiger partial charge in [-0.3, -0.25) is 0 Å². The zero-order valence-corrected chi connectivity index (χ0v) is 12.0. The third kappa shape index (κ3) is 3.00. The van der Waals surface area contributed by atoms with Gasteiger partial charge in [0.15, 0.2) is 5.65 Å². The van der Waals surface area contributed by atoms with E-state index >= 15 is 0 Å². The number of anilines is 1. The van der Waals surface area contributed by atoms with Gasteiger partial charge in [-0.2, -0.15) is 5.10 Å². The molecule has 0 unspecified atom stereocenters. The highest BCUT2D eigenvalue weighted by Crippen LogP contribution is 2.21. The van der Waals surface area contributed by atoms with Crippen LogP contribution in [0.15, 0.2) is 42.9 Å². The van der Waals surface area contributed by atoms with Crippen molar-refractivity contribution in [2.24, 2.45) is 0 Å². The Kier molecular flexibility index (Phi) is 3.31.